The molecule has 0 bridgehead atoms. The number of nitrogens with one attached hydrogen (secondary N) is 1. The van der Waals surface area contributed by atoms with Crippen molar-refractivity contribution >= 4 is 39.8 Å². The van der Waals surface area contributed by atoms with Gasteiger partial charge in [-0.3, -0.25) is 9.59 Å². The number of nitrogens with zero attached hydrogens (tertiary/aromatic N) is 1. The number of benzene rings is 1. The van der Waals surface area contributed by atoms with Crippen molar-refractivity contribution < 1.29 is 23.9 Å². The molecule has 0 unspecified atom stereocenters. The average Bonchev–Trinajstić information content (AvgIpc) is 3.13. The Bertz CT molecular complexity index is 955. The number of carbonyl (C=O) groups is 3. The van der Waals surface area contributed by atoms with Crippen molar-refractivity contribution in [3.05, 3.63) is 40.3 Å². The Labute approximate surface area is 185 Å². The van der Waals surface area contributed by atoms with Gasteiger partial charge in [-0.05, 0) is 55.5 Å². The van der Waals surface area contributed by atoms with E-state index in [1.807, 2.05) is 12.1 Å². The van der Waals surface area contributed by atoms with Crippen LogP contribution in [-0.2, 0) is 27.2 Å². The van der Waals surface area contributed by atoms with Crippen LogP contribution in [0.4, 0.5) is 10.7 Å². The number of nitrogens with two attached hydrogens (primary N) is 1. The molecule has 1 aromatic heterocycles. The molecule has 0 saturated carbocycles. The van der Waals surface area contributed by atoms with Crippen LogP contribution in [0.3, 0.4) is 0 Å². The molecule has 166 valence electrons. The standard InChI is InChI=1S/C22H27N3O5S/c1-29-15-9-7-14(8-10-15)25(12-11-18(23)26)13-19(27)24-21-20(22(28)30-2)16-5-3-4-6-17(16)31-21/h7-10H,3-6,11-13H2,1-2H3,(H2,23,26)(H,24,27). The summed E-state index contributed by atoms with van der Waals surface area (Å²) in [6.45, 7) is 0.294. The smallest absolute Gasteiger partial charge is 0.341 e. The van der Waals surface area contributed by atoms with Gasteiger partial charge in [-0.1, -0.05) is 0 Å². The first-order chi connectivity index (χ1) is 14.9. The molecule has 2 aromatic rings. The highest BCUT2D eigenvalue weighted by atomic mass is 32.1. The van der Waals surface area contributed by atoms with Gasteiger partial charge in [0, 0.05) is 23.5 Å². The van der Waals surface area contributed by atoms with Gasteiger partial charge in [-0.15, -0.1) is 11.3 Å². The normalized spacial score (nSPS) is 12.6. The van der Waals surface area contributed by atoms with E-state index in [1.165, 1.54) is 18.4 Å². The minimum Gasteiger partial charge on any atom is -0.497 e. The number of thiophene rings is 1. The zero-order chi connectivity index (χ0) is 22.4. The van der Waals surface area contributed by atoms with Gasteiger partial charge in [0.05, 0.1) is 26.3 Å². The molecule has 0 aliphatic heterocycles. The number of carbonyl (C=O) groups excluding carboxylic acids is 3. The van der Waals surface area contributed by atoms with Gasteiger partial charge in [-0.25, -0.2) is 4.79 Å². The fourth-order valence-corrected chi connectivity index (χ4v) is 4.94. The highest BCUT2D eigenvalue weighted by Gasteiger charge is 2.27. The van der Waals surface area contributed by atoms with Crippen LogP contribution in [0.5, 0.6) is 5.75 Å². The molecule has 0 spiro atoms. The number of anilines is 2. The van der Waals surface area contributed by atoms with E-state index >= 15 is 0 Å². The Morgan fingerprint density at radius 1 is 1.13 bits per heavy atom. The molecule has 0 saturated heterocycles. The van der Waals surface area contributed by atoms with Crippen molar-refractivity contribution in [1.29, 1.82) is 0 Å². The van der Waals surface area contributed by atoms with Gasteiger partial charge in [0.2, 0.25) is 11.8 Å². The van der Waals surface area contributed by atoms with Crippen molar-refractivity contribution in [3.63, 3.8) is 0 Å². The lowest BCUT2D eigenvalue weighted by molar-refractivity contribution is -0.118. The number of aryl methyl sites for hydroxylation is 1. The molecular weight excluding hydrogens is 418 g/mol. The van der Waals surface area contributed by atoms with Crippen molar-refractivity contribution in [2.75, 3.05) is 37.5 Å². The van der Waals surface area contributed by atoms with E-state index in [0.29, 0.717) is 22.9 Å². The molecule has 0 fully saturated rings. The van der Waals surface area contributed by atoms with E-state index < -0.39 is 11.9 Å². The molecule has 2 amide bonds. The minimum absolute atomic E-state index is 0.00277. The molecule has 9 heteroatoms. The van der Waals surface area contributed by atoms with Crippen LogP contribution in [0.15, 0.2) is 24.3 Å². The summed E-state index contributed by atoms with van der Waals surface area (Å²) >= 11 is 1.44. The van der Waals surface area contributed by atoms with Crippen molar-refractivity contribution in [3.8, 4) is 5.75 Å². The second kappa shape index (κ2) is 10.3. The Balaban J connectivity index is 1.79. The highest BCUT2D eigenvalue weighted by Crippen LogP contribution is 2.38. The zero-order valence-electron chi connectivity index (χ0n) is 17.7. The summed E-state index contributed by atoms with van der Waals surface area (Å²) < 4.78 is 10.1. The molecule has 3 rings (SSSR count). The molecule has 31 heavy (non-hydrogen) atoms. The molecule has 8 nitrogen and oxygen atoms in total. The van der Waals surface area contributed by atoms with E-state index in [9.17, 15) is 14.4 Å². The van der Waals surface area contributed by atoms with Gasteiger partial charge in [-0.2, -0.15) is 0 Å². The quantitative estimate of drug-likeness (QED) is 0.574. The third-order valence-corrected chi connectivity index (χ3v) is 6.42. The fraction of sp³-hybridized carbons (Fsp3) is 0.409. The number of amides is 2. The molecule has 1 aliphatic rings. The van der Waals surface area contributed by atoms with Crippen LogP contribution in [0.2, 0.25) is 0 Å². The monoisotopic (exact) mass is 445 g/mol. The number of esters is 1. The summed E-state index contributed by atoms with van der Waals surface area (Å²) in [5, 5.41) is 3.41. The first-order valence-corrected chi connectivity index (χ1v) is 10.9. The molecule has 0 atom stereocenters. The first-order valence-electron chi connectivity index (χ1n) is 10.1. The lowest BCUT2D eigenvalue weighted by Gasteiger charge is -2.24. The van der Waals surface area contributed by atoms with E-state index in [1.54, 1.807) is 24.1 Å². The van der Waals surface area contributed by atoms with E-state index in [2.05, 4.69) is 5.32 Å². The number of rotatable bonds is 9. The van der Waals surface area contributed by atoms with Crippen molar-refractivity contribution in [2.24, 2.45) is 5.73 Å². The molecule has 3 N–H and O–H groups in total. The second-order valence-electron chi connectivity index (χ2n) is 7.29. The van der Waals surface area contributed by atoms with Crippen molar-refractivity contribution in [1.82, 2.24) is 0 Å². The third kappa shape index (κ3) is 5.55. The maximum absolute atomic E-state index is 12.9. The van der Waals surface area contributed by atoms with Crippen LogP contribution >= 0.6 is 11.3 Å². The number of hydrogen-bond donors (Lipinski definition) is 2. The maximum Gasteiger partial charge on any atom is 0.341 e. The zero-order valence-corrected chi connectivity index (χ0v) is 18.5. The van der Waals surface area contributed by atoms with Gasteiger partial charge in [0.1, 0.15) is 10.8 Å². The minimum atomic E-state index is -0.446. The molecule has 0 radical (unpaired) electrons. The van der Waals surface area contributed by atoms with Crippen LogP contribution in [0.1, 0.15) is 40.1 Å². The Morgan fingerprint density at radius 2 is 1.84 bits per heavy atom. The SMILES string of the molecule is COC(=O)c1c(NC(=O)CN(CCC(N)=O)c2ccc(OC)cc2)sc2c1CCCC2. The molecule has 1 heterocycles. The van der Waals surface area contributed by atoms with E-state index in [-0.39, 0.29) is 18.9 Å². The van der Waals surface area contributed by atoms with Gasteiger partial charge in [0.25, 0.3) is 0 Å². The lowest BCUT2D eigenvalue weighted by Crippen LogP contribution is -2.35. The topological polar surface area (TPSA) is 111 Å². The maximum atomic E-state index is 12.9. The van der Waals surface area contributed by atoms with Crippen molar-refractivity contribution in [2.45, 2.75) is 32.1 Å². The predicted octanol–water partition coefficient (Wildman–Crippen LogP) is 2.74. The van der Waals surface area contributed by atoms with Crippen LogP contribution < -0.4 is 20.7 Å². The highest BCUT2D eigenvalue weighted by molar-refractivity contribution is 7.17. The second-order valence-corrected chi connectivity index (χ2v) is 8.40. The number of methoxy groups -OCH3 is 2. The summed E-state index contributed by atoms with van der Waals surface area (Å²) in [6, 6.07) is 7.20. The summed E-state index contributed by atoms with van der Waals surface area (Å²) in [7, 11) is 2.92. The number of hydrogen-bond acceptors (Lipinski definition) is 7. The van der Waals surface area contributed by atoms with E-state index in [0.717, 1.165) is 41.8 Å². The fourth-order valence-electron chi connectivity index (χ4n) is 3.65. The van der Waals surface area contributed by atoms with Crippen LogP contribution in [-0.4, -0.2) is 45.1 Å². The third-order valence-electron chi connectivity index (χ3n) is 5.21. The Morgan fingerprint density at radius 3 is 2.48 bits per heavy atom. The van der Waals surface area contributed by atoms with Crippen LogP contribution in [0.25, 0.3) is 0 Å². The first kappa shape index (κ1) is 22.6. The number of ether oxygens (including phenoxy) is 2. The Kier molecular flexibility index (Phi) is 7.51. The summed E-state index contributed by atoms with van der Waals surface area (Å²) in [4.78, 5) is 39.5. The van der Waals surface area contributed by atoms with Crippen LogP contribution in [0, 0.1) is 0 Å². The number of primary amides is 1. The Hall–Kier alpha value is -3.07. The number of fused-ring (bicyclic) bond motifs is 1. The molecule has 1 aliphatic carbocycles. The molecular formula is C22H27N3O5S. The summed E-state index contributed by atoms with van der Waals surface area (Å²) in [5.74, 6) is -0.479. The average molecular weight is 446 g/mol. The van der Waals surface area contributed by atoms with Gasteiger partial charge >= 0.3 is 5.97 Å². The largest absolute Gasteiger partial charge is 0.497 e. The van der Waals surface area contributed by atoms with Gasteiger partial charge in [0.15, 0.2) is 0 Å². The molecule has 1 aromatic carbocycles. The predicted molar refractivity (Wildman–Crippen MR) is 120 cm³/mol. The lowest BCUT2D eigenvalue weighted by atomic mass is 9.95. The summed E-state index contributed by atoms with van der Waals surface area (Å²) in [5.41, 5.74) is 7.51. The van der Waals surface area contributed by atoms with E-state index in [4.69, 9.17) is 15.2 Å². The van der Waals surface area contributed by atoms with Gasteiger partial charge < -0.3 is 25.4 Å². The summed E-state index contributed by atoms with van der Waals surface area (Å²) in [6.07, 6.45) is 3.90.